The minimum Gasteiger partial charge on any atom is -0.497 e. The van der Waals surface area contributed by atoms with E-state index in [1.54, 1.807) is 7.11 Å². The number of rotatable bonds is 8. The molecule has 6 heteroatoms. The van der Waals surface area contributed by atoms with Crippen LogP contribution >= 0.6 is 0 Å². The van der Waals surface area contributed by atoms with Crippen LogP contribution in [0.5, 0.6) is 5.75 Å². The van der Waals surface area contributed by atoms with Gasteiger partial charge in [-0.2, -0.15) is 0 Å². The van der Waals surface area contributed by atoms with Gasteiger partial charge in [-0.05, 0) is 63.4 Å². The Bertz CT molecular complexity index is 628. The number of nitrogens with one attached hydrogen (secondary N) is 2. The highest BCUT2D eigenvalue weighted by atomic mass is 16.5. The summed E-state index contributed by atoms with van der Waals surface area (Å²) in [5, 5.41) is 16.9. The highest BCUT2D eigenvalue weighted by Gasteiger charge is 2.25. The summed E-state index contributed by atoms with van der Waals surface area (Å²) in [6, 6.07) is 8.70. The lowest BCUT2D eigenvalue weighted by Gasteiger charge is -2.34. The molecule has 0 radical (unpaired) electrons. The van der Waals surface area contributed by atoms with Crippen LogP contribution < -0.4 is 15.4 Å². The van der Waals surface area contributed by atoms with Crippen molar-refractivity contribution in [3.05, 3.63) is 29.8 Å². The maximum absolute atomic E-state index is 10.1. The molecule has 0 spiro atoms. The summed E-state index contributed by atoms with van der Waals surface area (Å²) in [6.07, 6.45) is 6.80. The normalized spacial score (nSPS) is 24.3. The highest BCUT2D eigenvalue weighted by molar-refractivity contribution is 5.79. The molecule has 3 N–H and O–H groups in total. The summed E-state index contributed by atoms with van der Waals surface area (Å²) < 4.78 is 5.33. The van der Waals surface area contributed by atoms with E-state index >= 15 is 0 Å². The van der Waals surface area contributed by atoms with Crippen LogP contribution in [-0.2, 0) is 0 Å². The smallest absolute Gasteiger partial charge is 0.191 e. The first-order valence-electron chi connectivity index (χ1n) is 11.3. The number of hydrogen-bond acceptors (Lipinski definition) is 4. The SMILES string of the molecule is CCNC(=NCC(c1ccc(OC)cc1)N1CCCCC1)NCC1CCCC1O. The van der Waals surface area contributed by atoms with E-state index in [4.69, 9.17) is 9.73 Å². The number of aliphatic hydroxyl groups excluding tert-OH is 1. The minimum atomic E-state index is -0.175. The number of piperidine rings is 1. The van der Waals surface area contributed by atoms with Gasteiger partial charge in [0.1, 0.15) is 5.75 Å². The molecule has 29 heavy (non-hydrogen) atoms. The number of methoxy groups -OCH3 is 1. The van der Waals surface area contributed by atoms with E-state index in [1.165, 1.54) is 24.8 Å². The molecule has 1 aromatic carbocycles. The summed E-state index contributed by atoms with van der Waals surface area (Å²) >= 11 is 0. The molecule has 2 aliphatic rings. The fourth-order valence-corrected chi connectivity index (χ4v) is 4.49. The third-order valence-corrected chi connectivity index (χ3v) is 6.25. The highest BCUT2D eigenvalue weighted by Crippen LogP contribution is 2.27. The summed E-state index contributed by atoms with van der Waals surface area (Å²) in [7, 11) is 1.71. The van der Waals surface area contributed by atoms with Gasteiger partial charge in [-0.15, -0.1) is 0 Å². The van der Waals surface area contributed by atoms with Crippen LogP contribution in [0.25, 0.3) is 0 Å². The molecule has 1 aromatic rings. The molecule has 162 valence electrons. The third-order valence-electron chi connectivity index (χ3n) is 6.25. The molecule has 1 saturated heterocycles. The van der Waals surface area contributed by atoms with Gasteiger partial charge < -0.3 is 20.5 Å². The van der Waals surface area contributed by atoms with E-state index in [2.05, 4.69) is 34.6 Å². The van der Waals surface area contributed by atoms with E-state index < -0.39 is 0 Å². The molecule has 0 amide bonds. The van der Waals surface area contributed by atoms with Crippen molar-refractivity contribution in [2.24, 2.45) is 10.9 Å². The molecule has 1 heterocycles. The maximum Gasteiger partial charge on any atom is 0.191 e. The fourth-order valence-electron chi connectivity index (χ4n) is 4.49. The van der Waals surface area contributed by atoms with Crippen molar-refractivity contribution in [3.63, 3.8) is 0 Å². The van der Waals surface area contributed by atoms with E-state index in [-0.39, 0.29) is 12.1 Å². The van der Waals surface area contributed by atoms with Gasteiger partial charge in [-0.25, -0.2) is 0 Å². The van der Waals surface area contributed by atoms with Crippen LogP contribution in [0.4, 0.5) is 0 Å². The van der Waals surface area contributed by atoms with Crippen molar-refractivity contribution < 1.29 is 9.84 Å². The van der Waals surface area contributed by atoms with Crippen LogP contribution in [0.2, 0.25) is 0 Å². The molecule has 0 aromatic heterocycles. The first-order valence-corrected chi connectivity index (χ1v) is 11.3. The Kier molecular flexibility index (Phi) is 8.62. The Balaban J connectivity index is 1.69. The van der Waals surface area contributed by atoms with Gasteiger partial charge in [0, 0.05) is 19.0 Å². The standard InChI is InChI=1S/C23H38N4O2/c1-3-24-23(25-16-19-8-7-9-22(19)28)26-17-21(27-14-5-4-6-15-27)18-10-12-20(29-2)13-11-18/h10-13,19,21-22,28H,3-9,14-17H2,1-2H3,(H2,24,25,26). The molecule has 3 rings (SSSR count). The first-order chi connectivity index (χ1) is 14.2. The number of hydrogen-bond donors (Lipinski definition) is 3. The number of aliphatic hydroxyl groups is 1. The van der Waals surface area contributed by atoms with Gasteiger partial charge in [-0.1, -0.05) is 25.0 Å². The number of guanidine groups is 1. The number of benzene rings is 1. The molecule has 1 saturated carbocycles. The number of aliphatic imine (C=N–C) groups is 1. The monoisotopic (exact) mass is 402 g/mol. The average molecular weight is 403 g/mol. The largest absolute Gasteiger partial charge is 0.497 e. The van der Waals surface area contributed by atoms with E-state index in [0.717, 1.165) is 63.7 Å². The van der Waals surface area contributed by atoms with E-state index in [0.29, 0.717) is 5.92 Å². The van der Waals surface area contributed by atoms with Crippen LogP contribution in [0.3, 0.4) is 0 Å². The fraction of sp³-hybridized carbons (Fsp3) is 0.696. The second kappa shape index (κ2) is 11.4. The third kappa shape index (κ3) is 6.34. The van der Waals surface area contributed by atoms with Crippen molar-refractivity contribution >= 4 is 5.96 Å². The second-order valence-corrected chi connectivity index (χ2v) is 8.24. The Labute approximate surface area is 175 Å². The Morgan fingerprint density at radius 1 is 1.14 bits per heavy atom. The van der Waals surface area contributed by atoms with Gasteiger partial charge in [0.2, 0.25) is 0 Å². The Morgan fingerprint density at radius 2 is 1.90 bits per heavy atom. The summed E-state index contributed by atoms with van der Waals surface area (Å²) in [4.78, 5) is 7.50. The van der Waals surface area contributed by atoms with Crippen LogP contribution in [0, 0.1) is 5.92 Å². The Hall–Kier alpha value is -1.79. The molecule has 3 atom stereocenters. The Morgan fingerprint density at radius 3 is 2.52 bits per heavy atom. The van der Waals surface area contributed by atoms with Crippen molar-refractivity contribution in [1.29, 1.82) is 0 Å². The number of nitrogens with zero attached hydrogens (tertiary/aromatic N) is 2. The van der Waals surface area contributed by atoms with Crippen LogP contribution in [0.15, 0.2) is 29.3 Å². The van der Waals surface area contributed by atoms with Crippen molar-refractivity contribution in [2.45, 2.75) is 57.6 Å². The molecule has 2 fully saturated rings. The zero-order valence-corrected chi connectivity index (χ0v) is 18.1. The molecular formula is C23H38N4O2. The topological polar surface area (TPSA) is 69.1 Å². The molecule has 1 aliphatic heterocycles. The van der Waals surface area contributed by atoms with Gasteiger partial charge in [0.25, 0.3) is 0 Å². The predicted molar refractivity (Wildman–Crippen MR) is 118 cm³/mol. The zero-order chi connectivity index (χ0) is 20.5. The van der Waals surface area contributed by atoms with E-state index in [9.17, 15) is 5.11 Å². The molecular weight excluding hydrogens is 364 g/mol. The lowest BCUT2D eigenvalue weighted by Crippen LogP contribution is -2.42. The second-order valence-electron chi connectivity index (χ2n) is 8.24. The molecule has 0 bridgehead atoms. The van der Waals surface area contributed by atoms with Crippen molar-refractivity contribution in [3.8, 4) is 5.75 Å². The lowest BCUT2D eigenvalue weighted by atomic mass is 10.0. The predicted octanol–water partition coefficient (Wildman–Crippen LogP) is 2.94. The van der Waals surface area contributed by atoms with Gasteiger partial charge in [0.05, 0.1) is 25.8 Å². The minimum absolute atomic E-state index is 0.175. The summed E-state index contributed by atoms with van der Waals surface area (Å²) in [6.45, 7) is 6.68. The molecule has 1 aliphatic carbocycles. The number of likely N-dealkylation sites (tertiary alicyclic amines) is 1. The molecule has 3 unspecified atom stereocenters. The lowest BCUT2D eigenvalue weighted by molar-refractivity contribution is 0.134. The average Bonchev–Trinajstić information content (AvgIpc) is 3.18. The summed E-state index contributed by atoms with van der Waals surface area (Å²) in [5.41, 5.74) is 1.29. The first kappa shape index (κ1) is 21.9. The van der Waals surface area contributed by atoms with Gasteiger partial charge >= 0.3 is 0 Å². The summed E-state index contributed by atoms with van der Waals surface area (Å²) in [5.74, 6) is 2.07. The van der Waals surface area contributed by atoms with Crippen molar-refractivity contribution in [1.82, 2.24) is 15.5 Å². The van der Waals surface area contributed by atoms with Crippen LogP contribution in [-0.4, -0.2) is 61.9 Å². The molecule has 6 nitrogen and oxygen atoms in total. The number of ether oxygens (including phenoxy) is 1. The zero-order valence-electron chi connectivity index (χ0n) is 18.1. The quantitative estimate of drug-likeness (QED) is 0.461. The van der Waals surface area contributed by atoms with E-state index in [1.807, 2.05) is 12.1 Å². The van der Waals surface area contributed by atoms with Crippen LogP contribution in [0.1, 0.15) is 57.1 Å². The van der Waals surface area contributed by atoms with Crippen molar-refractivity contribution in [2.75, 3.05) is 39.8 Å². The maximum atomic E-state index is 10.1. The van der Waals surface area contributed by atoms with Gasteiger partial charge in [-0.3, -0.25) is 9.89 Å². The van der Waals surface area contributed by atoms with Gasteiger partial charge in [0.15, 0.2) is 5.96 Å².